The van der Waals surface area contributed by atoms with E-state index in [-0.39, 0.29) is 18.4 Å². The van der Waals surface area contributed by atoms with Crippen molar-refractivity contribution in [1.82, 2.24) is 5.32 Å². The lowest BCUT2D eigenvalue weighted by Gasteiger charge is -2.08. The third kappa shape index (κ3) is 5.93. The zero-order chi connectivity index (χ0) is 15.1. The number of carbonyl (C=O) groups is 2. The summed E-state index contributed by atoms with van der Waals surface area (Å²) >= 11 is 0. The number of methoxy groups -OCH3 is 1. The molecule has 1 aliphatic carbocycles. The molecule has 0 spiro atoms. The molecule has 2 rings (SSSR count). The molecule has 0 radical (unpaired) electrons. The summed E-state index contributed by atoms with van der Waals surface area (Å²) in [5, 5.41) is 8.81. The highest BCUT2D eigenvalue weighted by atomic mass is 16.5. The molecule has 0 bridgehead atoms. The third-order valence-electron chi connectivity index (χ3n) is 3.09. The zero-order valence-corrected chi connectivity index (χ0v) is 12.1. The molecule has 1 aromatic carbocycles. The quantitative estimate of drug-likeness (QED) is 0.675. The van der Waals surface area contributed by atoms with E-state index in [0.717, 1.165) is 5.69 Å². The van der Waals surface area contributed by atoms with Crippen LogP contribution in [-0.2, 0) is 14.3 Å². The predicted octanol–water partition coefficient (Wildman–Crippen LogP) is 1.35. The molecule has 6 heteroatoms. The molecule has 1 aromatic rings. The van der Waals surface area contributed by atoms with Gasteiger partial charge in [-0.15, -0.1) is 0 Å². The average molecular weight is 291 g/mol. The highest BCUT2D eigenvalue weighted by Crippen LogP contribution is 2.18. The molecule has 21 heavy (non-hydrogen) atoms. The van der Waals surface area contributed by atoms with Gasteiger partial charge in [0.2, 0.25) is 11.8 Å². The number of benzene rings is 1. The number of amides is 2. The molecule has 6 nitrogen and oxygen atoms in total. The molecule has 0 unspecified atom stereocenters. The van der Waals surface area contributed by atoms with E-state index in [1.807, 2.05) is 0 Å². The molecule has 0 aliphatic heterocycles. The maximum atomic E-state index is 11.7. The Kier molecular flexibility index (Phi) is 5.71. The van der Waals surface area contributed by atoms with E-state index in [2.05, 4.69) is 16.0 Å². The number of anilines is 2. The fraction of sp³-hybridized carbons (Fsp3) is 0.467. The molecule has 0 atom stereocenters. The number of ether oxygens (including phenoxy) is 1. The van der Waals surface area contributed by atoms with Crippen LogP contribution in [0, 0.1) is 0 Å². The molecule has 2 amide bonds. The van der Waals surface area contributed by atoms with Crippen LogP contribution in [0.2, 0.25) is 0 Å². The highest BCUT2D eigenvalue weighted by molar-refractivity contribution is 5.93. The largest absolute Gasteiger partial charge is 0.375 e. The Bertz CT molecular complexity index is 483. The van der Waals surface area contributed by atoms with Crippen molar-refractivity contribution in [2.45, 2.75) is 25.3 Å². The predicted molar refractivity (Wildman–Crippen MR) is 81.2 cm³/mol. The van der Waals surface area contributed by atoms with Crippen LogP contribution in [0.3, 0.4) is 0 Å². The van der Waals surface area contributed by atoms with Gasteiger partial charge in [0.15, 0.2) is 0 Å². The maximum Gasteiger partial charge on any atom is 0.250 e. The van der Waals surface area contributed by atoms with Gasteiger partial charge in [0.1, 0.15) is 6.61 Å². The fourth-order valence-electron chi connectivity index (χ4n) is 1.87. The molecule has 0 saturated heterocycles. The molecule has 1 fully saturated rings. The SMILES string of the molecule is COCC(=O)Nc1ccc(NC(=O)CCNC2CC2)cc1. The minimum absolute atomic E-state index is 0.0145. The fourth-order valence-corrected chi connectivity index (χ4v) is 1.87. The zero-order valence-electron chi connectivity index (χ0n) is 12.1. The van der Waals surface area contributed by atoms with Crippen LogP contribution in [0.25, 0.3) is 0 Å². The van der Waals surface area contributed by atoms with E-state index in [9.17, 15) is 9.59 Å². The van der Waals surface area contributed by atoms with Crippen molar-refractivity contribution in [3.8, 4) is 0 Å². The summed E-state index contributed by atoms with van der Waals surface area (Å²) in [6.45, 7) is 0.730. The van der Waals surface area contributed by atoms with Crippen molar-refractivity contribution >= 4 is 23.2 Å². The normalized spacial score (nSPS) is 13.8. The Morgan fingerprint density at radius 1 is 1.10 bits per heavy atom. The maximum absolute atomic E-state index is 11.7. The van der Waals surface area contributed by atoms with Crippen LogP contribution < -0.4 is 16.0 Å². The second-order valence-electron chi connectivity index (χ2n) is 5.09. The lowest BCUT2D eigenvalue weighted by atomic mass is 10.2. The van der Waals surface area contributed by atoms with Gasteiger partial charge in [0.25, 0.3) is 0 Å². The van der Waals surface area contributed by atoms with Gasteiger partial charge in [-0.3, -0.25) is 9.59 Å². The number of nitrogens with one attached hydrogen (secondary N) is 3. The second-order valence-corrected chi connectivity index (χ2v) is 5.09. The molecule has 1 aliphatic rings. The van der Waals surface area contributed by atoms with E-state index in [1.165, 1.54) is 20.0 Å². The van der Waals surface area contributed by atoms with Gasteiger partial charge in [-0.05, 0) is 37.1 Å². The first-order valence-electron chi connectivity index (χ1n) is 7.09. The van der Waals surface area contributed by atoms with Crippen molar-refractivity contribution in [3.05, 3.63) is 24.3 Å². The van der Waals surface area contributed by atoms with Gasteiger partial charge in [0, 0.05) is 37.5 Å². The molecule has 0 heterocycles. The Balaban J connectivity index is 1.72. The number of rotatable bonds is 8. The van der Waals surface area contributed by atoms with Crippen LogP contribution in [0.5, 0.6) is 0 Å². The molecule has 114 valence electrons. The van der Waals surface area contributed by atoms with Crippen molar-refractivity contribution in [2.75, 3.05) is 30.9 Å². The highest BCUT2D eigenvalue weighted by Gasteiger charge is 2.20. The topological polar surface area (TPSA) is 79.5 Å². The number of hydrogen-bond acceptors (Lipinski definition) is 4. The van der Waals surface area contributed by atoms with E-state index >= 15 is 0 Å². The number of hydrogen-bond donors (Lipinski definition) is 3. The summed E-state index contributed by atoms with van der Waals surface area (Å²) < 4.78 is 4.74. The Hall–Kier alpha value is -1.92. The van der Waals surface area contributed by atoms with Crippen LogP contribution in [0.15, 0.2) is 24.3 Å². The second kappa shape index (κ2) is 7.75. The minimum atomic E-state index is -0.208. The molecule has 3 N–H and O–H groups in total. The molecule has 1 saturated carbocycles. The minimum Gasteiger partial charge on any atom is -0.375 e. The van der Waals surface area contributed by atoms with Gasteiger partial charge in [-0.2, -0.15) is 0 Å². The smallest absolute Gasteiger partial charge is 0.250 e. The van der Waals surface area contributed by atoms with Gasteiger partial charge in [-0.25, -0.2) is 0 Å². The van der Waals surface area contributed by atoms with Crippen LogP contribution in [0.1, 0.15) is 19.3 Å². The van der Waals surface area contributed by atoms with Gasteiger partial charge >= 0.3 is 0 Å². The van der Waals surface area contributed by atoms with Crippen LogP contribution >= 0.6 is 0 Å². The van der Waals surface area contributed by atoms with Crippen molar-refractivity contribution < 1.29 is 14.3 Å². The van der Waals surface area contributed by atoms with Crippen molar-refractivity contribution in [3.63, 3.8) is 0 Å². The first-order chi connectivity index (χ1) is 10.2. The summed E-state index contributed by atoms with van der Waals surface area (Å²) in [6.07, 6.45) is 2.90. The van der Waals surface area contributed by atoms with Crippen molar-refractivity contribution in [1.29, 1.82) is 0 Å². The first-order valence-corrected chi connectivity index (χ1v) is 7.09. The Morgan fingerprint density at radius 3 is 2.19 bits per heavy atom. The van der Waals surface area contributed by atoms with Crippen molar-refractivity contribution in [2.24, 2.45) is 0 Å². The Morgan fingerprint density at radius 2 is 1.67 bits per heavy atom. The van der Waals surface area contributed by atoms with E-state index in [1.54, 1.807) is 24.3 Å². The standard InChI is InChI=1S/C15H21N3O3/c1-21-10-15(20)18-13-6-4-12(5-7-13)17-14(19)8-9-16-11-2-3-11/h4-7,11,16H,2-3,8-10H2,1H3,(H,17,19)(H,18,20). The third-order valence-corrected chi connectivity index (χ3v) is 3.09. The van der Waals surface area contributed by atoms with Gasteiger partial charge in [-0.1, -0.05) is 0 Å². The van der Waals surface area contributed by atoms with Gasteiger partial charge < -0.3 is 20.7 Å². The molecular weight excluding hydrogens is 270 g/mol. The lowest BCUT2D eigenvalue weighted by Crippen LogP contribution is -2.23. The summed E-state index contributed by atoms with van der Waals surface area (Å²) in [4.78, 5) is 23.1. The summed E-state index contributed by atoms with van der Waals surface area (Å²) in [6, 6.07) is 7.62. The molecular formula is C15H21N3O3. The molecule has 0 aromatic heterocycles. The summed E-state index contributed by atoms with van der Waals surface area (Å²) in [5.41, 5.74) is 1.39. The lowest BCUT2D eigenvalue weighted by molar-refractivity contribution is -0.119. The van der Waals surface area contributed by atoms with Crippen LogP contribution in [0.4, 0.5) is 11.4 Å². The first kappa shape index (κ1) is 15.5. The monoisotopic (exact) mass is 291 g/mol. The van der Waals surface area contributed by atoms with E-state index < -0.39 is 0 Å². The summed E-state index contributed by atoms with van der Waals surface area (Å²) in [7, 11) is 1.47. The average Bonchev–Trinajstić information content (AvgIpc) is 3.25. The Labute approximate surface area is 124 Å². The van der Waals surface area contributed by atoms with E-state index in [0.29, 0.717) is 24.7 Å². The van der Waals surface area contributed by atoms with E-state index in [4.69, 9.17) is 4.74 Å². The summed E-state index contributed by atoms with van der Waals surface area (Å²) in [5.74, 6) is -0.222. The number of carbonyl (C=O) groups excluding carboxylic acids is 2. The van der Waals surface area contributed by atoms with Crippen LogP contribution in [-0.4, -0.2) is 38.1 Å². The van der Waals surface area contributed by atoms with Gasteiger partial charge in [0.05, 0.1) is 0 Å².